The Labute approximate surface area is 171 Å². The first-order valence-electron chi connectivity index (χ1n) is 8.68. The molecule has 2 saturated heterocycles. The van der Waals surface area contributed by atoms with Crippen LogP contribution in [-0.4, -0.2) is 42.5 Å². The molecule has 2 aliphatic heterocycles. The summed E-state index contributed by atoms with van der Waals surface area (Å²) in [7, 11) is 0. The van der Waals surface area contributed by atoms with Crippen molar-refractivity contribution in [3.63, 3.8) is 0 Å². The fourth-order valence-electron chi connectivity index (χ4n) is 3.52. The number of nitrogens with one attached hydrogen (secondary N) is 2. The molecule has 1 aromatic carbocycles. The van der Waals surface area contributed by atoms with Crippen LogP contribution in [-0.2, 0) is 11.3 Å². The summed E-state index contributed by atoms with van der Waals surface area (Å²) in [6, 6.07) is 9.29. The SMILES string of the molecule is Cl.Cl.O=C(CC1CCCN1)NC1CCN(Cc2ccc(Br)cc2)CC1. The third kappa shape index (κ3) is 7.43. The van der Waals surface area contributed by atoms with E-state index in [0.29, 0.717) is 18.5 Å². The van der Waals surface area contributed by atoms with E-state index >= 15 is 0 Å². The smallest absolute Gasteiger partial charge is 0.221 e. The number of hydrogen-bond acceptors (Lipinski definition) is 3. The zero-order valence-electron chi connectivity index (χ0n) is 14.4. The van der Waals surface area contributed by atoms with Crippen molar-refractivity contribution in [2.24, 2.45) is 0 Å². The molecular formula is C18H28BrCl2N3O. The van der Waals surface area contributed by atoms with Crippen molar-refractivity contribution in [3.05, 3.63) is 34.3 Å². The van der Waals surface area contributed by atoms with Gasteiger partial charge in [-0.25, -0.2) is 0 Å². The Bertz CT molecular complexity index is 516. The van der Waals surface area contributed by atoms with Gasteiger partial charge in [-0.1, -0.05) is 28.1 Å². The van der Waals surface area contributed by atoms with Crippen molar-refractivity contribution in [2.45, 2.75) is 50.7 Å². The van der Waals surface area contributed by atoms with Crippen LogP contribution in [0.25, 0.3) is 0 Å². The molecule has 0 saturated carbocycles. The third-order valence-electron chi connectivity index (χ3n) is 4.87. The number of hydrogen-bond donors (Lipinski definition) is 2. The summed E-state index contributed by atoms with van der Waals surface area (Å²) in [5.74, 6) is 0.218. The number of rotatable bonds is 5. The molecule has 1 amide bonds. The van der Waals surface area contributed by atoms with Gasteiger partial charge in [-0.3, -0.25) is 9.69 Å². The van der Waals surface area contributed by atoms with Crippen LogP contribution in [0.1, 0.15) is 37.7 Å². The molecule has 2 N–H and O–H groups in total. The molecule has 2 aliphatic rings. The summed E-state index contributed by atoms with van der Waals surface area (Å²) in [4.78, 5) is 14.6. The van der Waals surface area contributed by atoms with Gasteiger partial charge >= 0.3 is 0 Å². The molecule has 0 spiro atoms. The number of amides is 1. The molecule has 0 aliphatic carbocycles. The molecule has 4 nitrogen and oxygen atoms in total. The van der Waals surface area contributed by atoms with Gasteiger partial charge in [0.25, 0.3) is 0 Å². The van der Waals surface area contributed by atoms with E-state index in [2.05, 4.69) is 55.7 Å². The number of halogens is 3. The monoisotopic (exact) mass is 451 g/mol. The van der Waals surface area contributed by atoms with E-state index in [1.165, 1.54) is 12.0 Å². The molecule has 0 aromatic heterocycles. The standard InChI is InChI=1S/C18H26BrN3O.2ClH/c19-15-5-3-14(4-6-15)13-22-10-7-16(8-11-22)21-18(23)12-17-2-1-9-20-17;;/h3-6,16-17,20H,1-2,7-13H2,(H,21,23);2*1H. The first-order valence-corrected chi connectivity index (χ1v) is 9.48. The second-order valence-electron chi connectivity index (χ2n) is 6.74. The normalized spacial score (nSPS) is 21.2. The first kappa shape index (κ1) is 22.7. The van der Waals surface area contributed by atoms with E-state index in [0.717, 1.165) is 49.9 Å². The topological polar surface area (TPSA) is 44.4 Å². The average Bonchev–Trinajstić information content (AvgIpc) is 3.04. The Morgan fingerprint density at radius 3 is 2.44 bits per heavy atom. The number of carbonyl (C=O) groups excluding carboxylic acids is 1. The fraction of sp³-hybridized carbons (Fsp3) is 0.611. The first-order chi connectivity index (χ1) is 11.2. The highest BCUT2D eigenvalue weighted by Crippen LogP contribution is 2.16. The summed E-state index contributed by atoms with van der Waals surface area (Å²) in [5, 5.41) is 6.62. The molecule has 142 valence electrons. The van der Waals surface area contributed by atoms with Crippen LogP contribution < -0.4 is 10.6 Å². The second kappa shape index (κ2) is 11.4. The van der Waals surface area contributed by atoms with Crippen LogP contribution in [0, 0.1) is 0 Å². The molecule has 25 heavy (non-hydrogen) atoms. The second-order valence-corrected chi connectivity index (χ2v) is 7.66. The summed E-state index contributed by atoms with van der Waals surface area (Å²) in [6.45, 7) is 4.18. The average molecular weight is 453 g/mol. The fourth-order valence-corrected chi connectivity index (χ4v) is 3.79. The van der Waals surface area contributed by atoms with Gasteiger partial charge in [0.05, 0.1) is 0 Å². The molecule has 2 fully saturated rings. The van der Waals surface area contributed by atoms with Crippen molar-refractivity contribution < 1.29 is 4.79 Å². The summed E-state index contributed by atoms with van der Waals surface area (Å²) in [6.07, 6.45) is 5.09. The van der Waals surface area contributed by atoms with E-state index in [4.69, 9.17) is 0 Å². The van der Waals surface area contributed by atoms with Crippen LogP contribution in [0.15, 0.2) is 28.7 Å². The molecule has 1 unspecified atom stereocenters. The lowest BCUT2D eigenvalue weighted by atomic mass is 10.0. The summed E-state index contributed by atoms with van der Waals surface area (Å²) in [5.41, 5.74) is 1.35. The molecule has 7 heteroatoms. The van der Waals surface area contributed by atoms with E-state index in [-0.39, 0.29) is 30.7 Å². The molecular weight excluding hydrogens is 425 g/mol. The summed E-state index contributed by atoms with van der Waals surface area (Å²) >= 11 is 3.47. The van der Waals surface area contributed by atoms with Gasteiger partial charge < -0.3 is 10.6 Å². The lowest BCUT2D eigenvalue weighted by Gasteiger charge is -2.32. The number of benzene rings is 1. The highest BCUT2D eigenvalue weighted by atomic mass is 79.9. The quantitative estimate of drug-likeness (QED) is 0.718. The van der Waals surface area contributed by atoms with Crippen molar-refractivity contribution in [1.82, 2.24) is 15.5 Å². The molecule has 3 rings (SSSR count). The largest absolute Gasteiger partial charge is 0.353 e. The lowest BCUT2D eigenvalue weighted by Crippen LogP contribution is -2.45. The van der Waals surface area contributed by atoms with Gasteiger partial charge in [0.15, 0.2) is 0 Å². The van der Waals surface area contributed by atoms with Crippen LogP contribution in [0.4, 0.5) is 0 Å². The third-order valence-corrected chi connectivity index (χ3v) is 5.39. The zero-order valence-corrected chi connectivity index (χ0v) is 17.6. The number of nitrogens with zero attached hydrogens (tertiary/aromatic N) is 1. The van der Waals surface area contributed by atoms with E-state index in [1.807, 2.05) is 0 Å². The Kier molecular flexibility index (Phi) is 10.4. The Morgan fingerprint density at radius 2 is 1.84 bits per heavy atom. The van der Waals surface area contributed by atoms with Crippen LogP contribution in [0.5, 0.6) is 0 Å². The molecule has 1 atom stereocenters. The van der Waals surface area contributed by atoms with Gasteiger partial charge in [0.2, 0.25) is 5.91 Å². The maximum atomic E-state index is 12.1. The molecule has 0 radical (unpaired) electrons. The minimum Gasteiger partial charge on any atom is -0.353 e. The molecule has 0 bridgehead atoms. The minimum absolute atomic E-state index is 0. The van der Waals surface area contributed by atoms with E-state index in [1.54, 1.807) is 0 Å². The molecule has 2 heterocycles. The maximum Gasteiger partial charge on any atom is 0.221 e. The Balaban J connectivity index is 0.00000156. The van der Waals surface area contributed by atoms with Gasteiger partial charge in [0, 0.05) is 42.6 Å². The van der Waals surface area contributed by atoms with Gasteiger partial charge in [0.1, 0.15) is 0 Å². The Hall–Kier alpha value is -0.330. The van der Waals surface area contributed by atoms with E-state index in [9.17, 15) is 4.79 Å². The van der Waals surface area contributed by atoms with Crippen molar-refractivity contribution in [3.8, 4) is 0 Å². The zero-order chi connectivity index (χ0) is 16.1. The lowest BCUT2D eigenvalue weighted by molar-refractivity contribution is -0.122. The van der Waals surface area contributed by atoms with Crippen LogP contribution >= 0.6 is 40.7 Å². The van der Waals surface area contributed by atoms with Crippen LogP contribution in [0.3, 0.4) is 0 Å². The van der Waals surface area contributed by atoms with Crippen molar-refractivity contribution >= 4 is 46.7 Å². The number of carbonyl (C=O) groups is 1. The summed E-state index contributed by atoms with van der Waals surface area (Å²) < 4.78 is 1.12. The van der Waals surface area contributed by atoms with E-state index < -0.39 is 0 Å². The van der Waals surface area contributed by atoms with Gasteiger partial charge in [-0.2, -0.15) is 0 Å². The highest BCUT2D eigenvalue weighted by Gasteiger charge is 2.23. The number of likely N-dealkylation sites (tertiary alicyclic amines) is 1. The van der Waals surface area contributed by atoms with Crippen LogP contribution in [0.2, 0.25) is 0 Å². The van der Waals surface area contributed by atoms with Gasteiger partial charge in [-0.15, -0.1) is 24.8 Å². The highest BCUT2D eigenvalue weighted by molar-refractivity contribution is 9.10. The van der Waals surface area contributed by atoms with Crippen molar-refractivity contribution in [2.75, 3.05) is 19.6 Å². The maximum absolute atomic E-state index is 12.1. The predicted octanol–water partition coefficient (Wildman–Crippen LogP) is 3.52. The Morgan fingerprint density at radius 1 is 1.16 bits per heavy atom. The van der Waals surface area contributed by atoms with Crippen molar-refractivity contribution in [1.29, 1.82) is 0 Å². The molecule has 1 aromatic rings. The van der Waals surface area contributed by atoms with Gasteiger partial charge in [-0.05, 0) is 49.9 Å². The number of piperidine rings is 1. The predicted molar refractivity (Wildman–Crippen MR) is 111 cm³/mol. The minimum atomic E-state index is 0.